The van der Waals surface area contributed by atoms with E-state index >= 15 is 0 Å². The molecule has 0 spiro atoms. The van der Waals surface area contributed by atoms with Gasteiger partial charge >= 0.3 is 5.69 Å². The van der Waals surface area contributed by atoms with E-state index < -0.39 is 22.3 Å². The number of hydrogen-bond donors (Lipinski definition) is 2. The van der Waals surface area contributed by atoms with Gasteiger partial charge in [-0.3, -0.25) is 14.9 Å². The lowest BCUT2D eigenvalue weighted by atomic mass is 10.2. The summed E-state index contributed by atoms with van der Waals surface area (Å²) >= 11 is 0. The number of methoxy groups -OCH3 is 1. The van der Waals surface area contributed by atoms with Crippen LogP contribution in [-0.4, -0.2) is 35.9 Å². The van der Waals surface area contributed by atoms with Crippen molar-refractivity contribution in [2.75, 3.05) is 13.7 Å². The highest BCUT2D eigenvalue weighted by Crippen LogP contribution is 2.36. The zero-order valence-corrected chi connectivity index (χ0v) is 14.8. The Bertz CT molecular complexity index is 849. The van der Waals surface area contributed by atoms with Crippen molar-refractivity contribution in [3.63, 3.8) is 0 Å². The fraction of sp³-hybridized carbons (Fsp3) is 0.222. The molecule has 0 heterocycles. The van der Waals surface area contributed by atoms with Crippen LogP contribution in [0.15, 0.2) is 41.5 Å². The molecule has 1 amide bonds. The maximum Gasteiger partial charge on any atom is 0.315 e. The van der Waals surface area contributed by atoms with Gasteiger partial charge in [0.15, 0.2) is 12.4 Å². The molecule has 2 N–H and O–H groups in total. The smallest absolute Gasteiger partial charge is 0.315 e. The highest BCUT2D eigenvalue weighted by Gasteiger charge is 2.19. The van der Waals surface area contributed by atoms with Gasteiger partial charge in [-0.05, 0) is 30.2 Å². The lowest BCUT2D eigenvalue weighted by Crippen LogP contribution is -2.24. The molecule has 0 aliphatic carbocycles. The molecule has 2 aromatic carbocycles. The summed E-state index contributed by atoms with van der Waals surface area (Å²) in [4.78, 5) is 22.0. The van der Waals surface area contributed by atoms with Crippen LogP contribution in [0.25, 0.3) is 0 Å². The summed E-state index contributed by atoms with van der Waals surface area (Å²) in [6, 6.07) is 9.84. The molecule has 0 saturated carbocycles. The number of hydrazone groups is 1. The zero-order chi connectivity index (χ0) is 19.8. The number of amides is 1. The molecule has 0 aliphatic heterocycles. The van der Waals surface area contributed by atoms with E-state index in [0.29, 0.717) is 5.75 Å². The lowest BCUT2D eigenvalue weighted by Gasteiger charge is -2.06. The Labute approximate surface area is 155 Å². The van der Waals surface area contributed by atoms with Crippen LogP contribution in [0, 0.1) is 10.1 Å². The normalized spacial score (nSPS) is 10.6. The number of hydrogen-bond acceptors (Lipinski definition) is 7. The third-order valence-corrected chi connectivity index (χ3v) is 3.60. The maximum atomic E-state index is 11.8. The Morgan fingerprint density at radius 1 is 1.33 bits per heavy atom. The number of ether oxygens (including phenoxy) is 2. The van der Waals surface area contributed by atoms with Crippen LogP contribution in [0.4, 0.5) is 5.69 Å². The molecule has 142 valence electrons. The average Bonchev–Trinajstić information content (AvgIpc) is 2.67. The Hall–Kier alpha value is -3.62. The number of nitrogens with zero attached hydrogens (tertiary/aromatic N) is 2. The van der Waals surface area contributed by atoms with Gasteiger partial charge in [-0.15, -0.1) is 0 Å². The van der Waals surface area contributed by atoms with Gasteiger partial charge in [0.05, 0.1) is 18.2 Å². The van der Waals surface area contributed by atoms with Crippen LogP contribution in [0.1, 0.15) is 18.1 Å². The number of phenolic OH excluding ortho intramolecular Hbond substituents is 1. The SMILES string of the molecule is CCc1ccc(OCC(=O)N/N=C/c2cc(OC)c(O)c([N+](=O)[O-])c2)cc1. The summed E-state index contributed by atoms with van der Waals surface area (Å²) in [7, 11) is 1.27. The fourth-order valence-corrected chi connectivity index (χ4v) is 2.16. The number of carbonyl (C=O) groups is 1. The summed E-state index contributed by atoms with van der Waals surface area (Å²) < 4.78 is 10.2. The second-order valence-corrected chi connectivity index (χ2v) is 5.43. The minimum Gasteiger partial charge on any atom is -0.500 e. The molecule has 0 bridgehead atoms. The zero-order valence-electron chi connectivity index (χ0n) is 14.8. The van der Waals surface area contributed by atoms with E-state index in [-0.39, 0.29) is 17.9 Å². The largest absolute Gasteiger partial charge is 0.500 e. The van der Waals surface area contributed by atoms with Crippen LogP contribution in [0.3, 0.4) is 0 Å². The number of nitrogens with one attached hydrogen (secondary N) is 1. The number of nitro groups is 1. The first-order valence-corrected chi connectivity index (χ1v) is 8.03. The van der Waals surface area contributed by atoms with Crippen LogP contribution >= 0.6 is 0 Å². The molecule has 0 fully saturated rings. The standard InChI is InChI=1S/C18H19N3O6/c1-3-12-4-6-14(7-5-12)27-11-17(22)20-19-10-13-8-15(21(24)25)18(23)16(9-13)26-2/h4-10,23H,3,11H2,1-2H3,(H,20,22)/b19-10+. The van der Waals surface area contributed by atoms with Gasteiger partial charge in [0.1, 0.15) is 5.75 Å². The highest BCUT2D eigenvalue weighted by atomic mass is 16.6. The number of nitro benzene ring substituents is 1. The second kappa shape index (κ2) is 9.18. The topological polar surface area (TPSA) is 123 Å². The van der Waals surface area contributed by atoms with E-state index in [2.05, 4.69) is 10.5 Å². The number of rotatable bonds is 8. The molecule has 0 aliphatic rings. The molecule has 2 aromatic rings. The second-order valence-electron chi connectivity index (χ2n) is 5.43. The fourth-order valence-electron chi connectivity index (χ4n) is 2.16. The van der Waals surface area contributed by atoms with Crippen molar-refractivity contribution >= 4 is 17.8 Å². The van der Waals surface area contributed by atoms with Gasteiger partial charge in [0.25, 0.3) is 5.91 Å². The highest BCUT2D eigenvalue weighted by molar-refractivity contribution is 5.85. The van der Waals surface area contributed by atoms with Crippen molar-refractivity contribution in [2.24, 2.45) is 5.10 Å². The predicted octanol–water partition coefficient (Wildman–Crippen LogP) is 2.40. The number of aromatic hydroxyl groups is 1. The number of benzene rings is 2. The van der Waals surface area contributed by atoms with Crippen LogP contribution in [0.2, 0.25) is 0 Å². The van der Waals surface area contributed by atoms with Crippen molar-refractivity contribution in [2.45, 2.75) is 13.3 Å². The van der Waals surface area contributed by atoms with Crippen LogP contribution in [-0.2, 0) is 11.2 Å². The van der Waals surface area contributed by atoms with Crippen molar-refractivity contribution < 1.29 is 24.3 Å². The molecular weight excluding hydrogens is 354 g/mol. The third-order valence-electron chi connectivity index (χ3n) is 3.60. The maximum absolute atomic E-state index is 11.8. The average molecular weight is 373 g/mol. The Kier molecular flexibility index (Phi) is 6.70. The molecule has 0 saturated heterocycles. The van der Waals surface area contributed by atoms with Crippen molar-refractivity contribution in [3.05, 3.63) is 57.6 Å². The molecule has 0 aromatic heterocycles. The summed E-state index contributed by atoms with van der Waals surface area (Å²) in [6.07, 6.45) is 2.11. The summed E-state index contributed by atoms with van der Waals surface area (Å²) in [5, 5.41) is 24.4. The van der Waals surface area contributed by atoms with E-state index in [9.17, 15) is 20.0 Å². The van der Waals surface area contributed by atoms with Gasteiger partial charge in [-0.25, -0.2) is 5.43 Å². The minimum atomic E-state index is -0.745. The molecule has 9 heteroatoms. The summed E-state index contributed by atoms with van der Waals surface area (Å²) in [5.41, 5.74) is 3.16. The molecule has 27 heavy (non-hydrogen) atoms. The van der Waals surface area contributed by atoms with E-state index in [1.165, 1.54) is 19.4 Å². The first kappa shape index (κ1) is 19.7. The Morgan fingerprint density at radius 3 is 2.63 bits per heavy atom. The van der Waals surface area contributed by atoms with Gasteiger partial charge < -0.3 is 14.6 Å². The first-order valence-electron chi connectivity index (χ1n) is 8.03. The van der Waals surface area contributed by atoms with Crippen LogP contribution < -0.4 is 14.9 Å². The molecular formula is C18H19N3O6. The third kappa shape index (κ3) is 5.43. The Balaban J connectivity index is 1.94. The first-order chi connectivity index (χ1) is 12.9. The Morgan fingerprint density at radius 2 is 2.04 bits per heavy atom. The number of carbonyl (C=O) groups excluding carboxylic acids is 1. The van der Waals surface area contributed by atoms with Crippen molar-refractivity contribution in [1.29, 1.82) is 0 Å². The van der Waals surface area contributed by atoms with E-state index in [0.717, 1.165) is 18.1 Å². The number of phenols is 1. The lowest BCUT2D eigenvalue weighted by molar-refractivity contribution is -0.386. The monoisotopic (exact) mass is 373 g/mol. The van der Waals surface area contributed by atoms with E-state index in [1.54, 1.807) is 12.1 Å². The molecule has 0 atom stereocenters. The molecule has 0 unspecified atom stereocenters. The molecule has 2 rings (SSSR count). The number of aryl methyl sites for hydroxylation is 1. The quantitative estimate of drug-likeness (QED) is 0.416. The van der Waals surface area contributed by atoms with Crippen molar-refractivity contribution in [1.82, 2.24) is 5.43 Å². The van der Waals surface area contributed by atoms with Gasteiger partial charge in [0.2, 0.25) is 5.75 Å². The summed E-state index contributed by atoms with van der Waals surface area (Å²) in [6.45, 7) is 1.81. The van der Waals surface area contributed by atoms with Gasteiger partial charge in [0, 0.05) is 11.6 Å². The van der Waals surface area contributed by atoms with Gasteiger partial charge in [-0.2, -0.15) is 5.10 Å². The van der Waals surface area contributed by atoms with E-state index in [1.807, 2.05) is 19.1 Å². The predicted molar refractivity (Wildman–Crippen MR) is 98.4 cm³/mol. The molecule has 9 nitrogen and oxygen atoms in total. The minimum absolute atomic E-state index is 0.0733. The summed E-state index contributed by atoms with van der Waals surface area (Å²) in [5.74, 6) is -0.585. The van der Waals surface area contributed by atoms with Crippen LogP contribution in [0.5, 0.6) is 17.2 Å². The van der Waals surface area contributed by atoms with E-state index in [4.69, 9.17) is 9.47 Å². The van der Waals surface area contributed by atoms with Crippen molar-refractivity contribution in [3.8, 4) is 17.2 Å². The van der Waals surface area contributed by atoms with Gasteiger partial charge in [-0.1, -0.05) is 19.1 Å². The molecule has 0 radical (unpaired) electrons.